The smallest absolute Gasteiger partial charge is 0.249 e. The van der Waals surface area contributed by atoms with Gasteiger partial charge in [0, 0.05) is 25.2 Å². The quantitative estimate of drug-likeness (QED) is 0.481. The van der Waals surface area contributed by atoms with E-state index in [-0.39, 0.29) is 35.7 Å². The van der Waals surface area contributed by atoms with E-state index in [1.807, 2.05) is 80.3 Å². The maximum atomic E-state index is 14.9. The summed E-state index contributed by atoms with van der Waals surface area (Å²) in [6, 6.07) is 8.21. The molecular formula is C35H49N3O5. The van der Waals surface area contributed by atoms with Crippen LogP contribution in [0.2, 0.25) is 0 Å². The second-order valence-electron chi connectivity index (χ2n) is 15.2. The second-order valence-corrected chi connectivity index (χ2v) is 15.2. The molecule has 4 heterocycles. The van der Waals surface area contributed by atoms with Crippen molar-refractivity contribution in [3.05, 3.63) is 60.2 Å². The zero-order chi connectivity index (χ0) is 31.5. The molecule has 2 fully saturated rings. The van der Waals surface area contributed by atoms with Crippen molar-refractivity contribution in [2.45, 2.75) is 97.2 Å². The minimum atomic E-state index is -1.35. The number of fused-ring (bicyclic) bond motifs is 2. The molecule has 1 spiro atoms. The number of rotatable bonds is 7. The molecule has 8 nitrogen and oxygen atoms in total. The van der Waals surface area contributed by atoms with Gasteiger partial charge in [0.2, 0.25) is 17.7 Å². The number of amides is 3. The Hall–Kier alpha value is -2.97. The second kappa shape index (κ2) is 10.9. The SMILES string of the molecule is CC(C)[C@H](CO)N1C(=O)[C@@H]2[C@H]3C(=O)N(Cc4ccccc4)CC=C[C@@]3(C)O[C@@]23C=CCN(C(C)(C)CC(C)(C)C)C(=O)C13. The molecule has 1 aromatic carbocycles. The molecule has 43 heavy (non-hydrogen) atoms. The Bertz CT molecular complexity index is 1310. The molecule has 2 saturated heterocycles. The van der Waals surface area contributed by atoms with Crippen LogP contribution in [0.4, 0.5) is 0 Å². The predicted molar refractivity (Wildman–Crippen MR) is 166 cm³/mol. The van der Waals surface area contributed by atoms with Gasteiger partial charge in [-0.25, -0.2) is 0 Å². The van der Waals surface area contributed by atoms with Gasteiger partial charge in [-0.3, -0.25) is 14.4 Å². The van der Waals surface area contributed by atoms with E-state index in [0.717, 1.165) is 12.0 Å². The van der Waals surface area contributed by atoms with E-state index >= 15 is 0 Å². The highest BCUT2D eigenvalue weighted by Gasteiger charge is 2.75. The van der Waals surface area contributed by atoms with Crippen molar-refractivity contribution in [3.63, 3.8) is 0 Å². The first-order valence-electron chi connectivity index (χ1n) is 15.7. The number of benzene rings is 1. The van der Waals surface area contributed by atoms with Crippen LogP contribution in [0.1, 0.15) is 67.4 Å². The molecule has 1 N–H and O–H groups in total. The molecule has 1 unspecified atom stereocenters. The molecule has 3 amide bonds. The number of carbonyl (C=O) groups is 3. The third-order valence-electron chi connectivity index (χ3n) is 9.80. The van der Waals surface area contributed by atoms with Gasteiger partial charge >= 0.3 is 0 Å². The van der Waals surface area contributed by atoms with Crippen molar-refractivity contribution in [1.82, 2.24) is 14.7 Å². The van der Waals surface area contributed by atoms with E-state index in [4.69, 9.17) is 4.74 Å². The topological polar surface area (TPSA) is 90.4 Å². The van der Waals surface area contributed by atoms with Gasteiger partial charge in [-0.15, -0.1) is 0 Å². The fourth-order valence-electron chi connectivity index (χ4n) is 8.37. The number of aliphatic hydroxyl groups is 1. The van der Waals surface area contributed by atoms with Gasteiger partial charge in [-0.1, -0.05) is 89.3 Å². The predicted octanol–water partition coefficient (Wildman–Crippen LogP) is 4.19. The van der Waals surface area contributed by atoms with Gasteiger partial charge in [0.1, 0.15) is 11.6 Å². The standard InChI is InChI=1S/C35H49N3O5/c1-23(2)25(21-39)38-28-31(42)37(33(6,7)22-32(3,4)5)19-13-17-35(28)27(30(38)41)26-29(40)36(18-12-16-34(26,8)43-35)20-24-14-10-9-11-15-24/h9-17,23,25-28,39H,18-22H2,1-8H3/t25-,26-,27-,28?,34+,35-/m0/s1. The molecule has 6 atom stereocenters. The van der Waals surface area contributed by atoms with Gasteiger partial charge in [0.05, 0.1) is 30.1 Å². The third-order valence-corrected chi connectivity index (χ3v) is 9.80. The molecule has 4 aliphatic rings. The van der Waals surface area contributed by atoms with Crippen molar-refractivity contribution in [2.75, 3.05) is 19.7 Å². The lowest BCUT2D eigenvalue weighted by molar-refractivity contribution is -0.160. The Morgan fingerprint density at radius 1 is 0.930 bits per heavy atom. The monoisotopic (exact) mass is 591 g/mol. The molecule has 8 heteroatoms. The van der Waals surface area contributed by atoms with E-state index in [0.29, 0.717) is 19.6 Å². The Morgan fingerprint density at radius 3 is 2.19 bits per heavy atom. The summed E-state index contributed by atoms with van der Waals surface area (Å²) >= 11 is 0. The maximum Gasteiger partial charge on any atom is 0.249 e. The largest absolute Gasteiger partial charge is 0.394 e. The van der Waals surface area contributed by atoms with Crippen LogP contribution in [-0.4, -0.2) is 86.0 Å². The number of hydrogen-bond acceptors (Lipinski definition) is 5. The molecule has 4 aliphatic heterocycles. The van der Waals surface area contributed by atoms with E-state index < -0.39 is 40.7 Å². The summed E-state index contributed by atoms with van der Waals surface area (Å²) in [6.07, 6.45) is 8.45. The summed E-state index contributed by atoms with van der Waals surface area (Å²) in [5.74, 6) is -2.52. The number of ether oxygens (including phenoxy) is 1. The van der Waals surface area contributed by atoms with E-state index in [1.165, 1.54) is 0 Å². The lowest BCUT2D eigenvalue weighted by Gasteiger charge is -2.46. The first kappa shape index (κ1) is 31.5. The van der Waals surface area contributed by atoms with Crippen LogP contribution in [0.15, 0.2) is 54.6 Å². The summed E-state index contributed by atoms with van der Waals surface area (Å²) < 4.78 is 6.99. The van der Waals surface area contributed by atoms with Crippen LogP contribution in [0, 0.1) is 23.2 Å². The number of carbonyl (C=O) groups excluding carboxylic acids is 3. The zero-order valence-electron chi connectivity index (χ0n) is 27.0. The number of likely N-dealkylation sites (tertiary alicyclic amines) is 1. The van der Waals surface area contributed by atoms with E-state index in [1.54, 1.807) is 9.80 Å². The Labute approximate surface area is 256 Å². The normalized spacial score (nSPS) is 31.7. The number of hydrogen-bond donors (Lipinski definition) is 1. The average Bonchev–Trinajstić information content (AvgIpc) is 3.16. The lowest BCUT2D eigenvalue weighted by Crippen LogP contribution is -2.62. The van der Waals surface area contributed by atoms with Crippen LogP contribution in [0.3, 0.4) is 0 Å². The Balaban J connectivity index is 1.63. The molecule has 0 bridgehead atoms. The molecule has 0 aliphatic carbocycles. The summed E-state index contributed by atoms with van der Waals surface area (Å²) in [5.41, 5.74) is -1.99. The molecule has 0 radical (unpaired) electrons. The van der Waals surface area contributed by atoms with Crippen LogP contribution in [-0.2, 0) is 25.7 Å². The van der Waals surface area contributed by atoms with Crippen LogP contribution in [0.5, 0.6) is 0 Å². The number of aliphatic hydroxyl groups excluding tert-OH is 1. The van der Waals surface area contributed by atoms with Gasteiger partial charge in [-0.2, -0.15) is 0 Å². The summed E-state index contributed by atoms with van der Waals surface area (Å²) in [6.45, 7) is 17.3. The molecule has 5 rings (SSSR count). The highest BCUT2D eigenvalue weighted by Crippen LogP contribution is 2.58. The molecule has 234 valence electrons. The van der Waals surface area contributed by atoms with Crippen LogP contribution >= 0.6 is 0 Å². The fraction of sp³-hybridized carbons (Fsp3) is 0.629. The van der Waals surface area contributed by atoms with Crippen molar-refractivity contribution < 1.29 is 24.2 Å². The fourth-order valence-corrected chi connectivity index (χ4v) is 8.37. The van der Waals surface area contributed by atoms with Crippen LogP contribution < -0.4 is 0 Å². The van der Waals surface area contributed by atoms with Crippen molar-refractivity contribution in [3.8, 4) is 0 Å². The summed E-state index contributed by atoms with van der Waals surface area (Å²) in [4.78, 5) is 49.3. The highest BCUT2D eigenvalue weighted by atomic mass is 16.5. The third kappa shape index (κ3) is 5.24. The molecule has 0 aromatic heterocycles. The van der Waals surface area contributed by atoms with Gasteiger partial charge in [0.15, 0.2) is 0 Å². The van der Waals surface area contributed by atoms with Gasteiger partial charge in [-0.05, 0) is 44.1 Å². The van der Waals surface area contributed by atoms with Gasteiger partial charge < -0.3 is 24.5 Å². The summed E-state index contributed by atoms with van der Waals surface area (Å²) in [7, 11) is 0. The minimum absolute atomic E-state index is 0.0409. The first-order chi connectivity index (χ1) is 20.1. The van der Waals surface area contributed by atoms with E-state index in [9.17, 15) is 19.5 Å². The molecule has 0 saturated carbocycles. The van der Waals surface area contributed by atoms with Crippen LogP contribution in [0.25, 0.3) is 0 Å². The molecule has 1 aromatic rings. The van der Waals surface area contributed by atoms with Crippen molar-refractivity contribution >= 4 is 17.7 Å². The Morgan fingerprint density at radius 2 is 1.58 bits per heavy atom. The summed E-state index contributed by atoms with van der Waals surface area (Å²) in [5, 5.41) is 10.6. The van der Waals surface area contributed by atoms with Crippen molar-refractivity contribution in [1.29, 1.82) is 0 Å². The minimum Gasteiger partial charge on any atom is -0.394 e. The Kier molecular flexibility index (Phi) is 7.96. The first-order valence-corrected chi connectivity index (χ1v) is 15.7. The maximum absolute atomic E-state index is 14.9. The molecular weight excluding hydrogens is 542 g/mol. The lowest BCUT2D eigenvalue weighted by atomic mass is 9.74. The number of nitrogens with zero attached hydrogens (tertiary/aromatic N) is 3. The average molecular weight is 592 g/mol. The highest BCUT2D eigenvalue weighted by molar-refractivity contribution is 6.00. The van der Waals surface area contributed by atoms with Gasteiger partial charge in [0.25, 0.3) is 0 Å². The van der Waals surface area contributed by atoms with E-state index in [2.05, 4.69) is 34.6 Å². The zero-order valence-corrected chi connectivity index (χ0v) is 27.0. The van der Waals surface area contributed by atoms with Crippen molar-refractivity contribution in [2.24, 2.45) is 23.2 Å².